The molecule has 15 heavy (non-hydrogen) atoms. The first-order valence-electron chi connectivity index (χ1n) is 5.12. The monoisotopic (exact) mass is 247 g/mol. The van der Waals surface area contributed by atoms with Crippen molar-refractivity contribution in [3.63, 3.8) is 0 Å². The molecule has 1 amide bonds. The van der Waals surface area contributed by atoms with Gasteiger partial charge in [-0.1, -0.05) is 0 Å². The number of amides is 1. The largest absolute Gasteiger partial charge is 0.381 e. The van der Waals surface area contributed by atoms with Crippen molar-refractivity contribution in [2.75, 3.05) is 38.0 Å². The second-order valence-corrected chi connectivity index (χ2v) is 6.59. The molecule has 2 fully saturated rings. The number of thioether (sulfide) groups is 2. The maximum absolute atomic E-state index is 11.6. The minimum atomic E-state index is 0.287. The summed E-state index contributed by atoms with van der Waals surface area (Å²) in [6, 6.07) is 0. The number of likely N-dealkylation sites (tertiary alicyclic amines) is 1. The van der Waals surface area contributed by atoms with Crippen molar-refractivity contribution in [1.82, 2.24) is 4.90 Å². The molecule has 1 atom stereocenters. The van der Waals surface area contributed by atoms with Gasteiger partial charge in [0.15, 0.2) is 0 Å². The fraction of sp³-hybridized carbons (Fsp3) is 0.900. The minimum Gasteiger partial charge on any atom is -0.381 e. The molecule has 2 rings (SSSR count). The van der Waals surface area contributed by atoms with E-state index in [9.17, 15) is 4.79 Å². The molecule has 0 N–H and O–H groups in total. The van der Waals surface area contributed by atoms with E-state index in [1.807, 2.05) is 22.9 Å². The molecule has 2 saturated heterocycles. The molecule has 3 nitrogen and oxygen atoms in total. The lowest BCUT2D eigenvalue weighted by Crippen LogP contribution is -2.61. The molecule has 1 unspecified atom stereocenters. The Morgan fingerprint density at radius 3 is 2.93 bits per heavy atom. The second kappa shape index (κ2) is 4.55. The summed E-state index contributed by atoms with van der Waals surface area (Å²) in [7, 11) is 1.78. The van der Waals surface area contributed by atoms with E-state index in [-0.39, 0.29) is 5.91 Å². The summed E-state index contributed by atoms with van der Waals surface area (Å²) >= 11 is 3.58. The van der Waals surface area contributed by atoms with E-state index < -0.39 is 0 Å². The van der Waals surface area contributed by atoms with Crippen LogP contribution in [0.5, 0.6) is 0 Å². The van der Waals surface area contributed by atoms with Gasteiger partial charge in [0, 0.05) is 26.0 Å². The van der Waals surface area contributed by atoms with E-state index >= 15 is 0 Å². The van der Waals surface area contributed by atoms with Crippen molar-refractivity contribution in [2.24, 2.45) is 0 Å². The van der Waals surface area contributed by atoms with Gasteiger partial charge in [0.25, 0.3) is 0 Å². The number of hydrogen-bond acceptors (Lipinski definition) is 4. The molecule has 2 heterocycles. The highest BCUT2D eigenvalue weighted by Crippen LogP contribution is 2.45. The maximum atomic E-state index is 11.6. The predicted octanol–water partition coefficient (Wildman–Crippen LogP) is 1.08. The number of nitrogens with zero attached hydrogens (tertiary/aromatic N) is 1. The van der Waals surface area contributed by atoms with Crippen LogP contribution >= 0.6 is 23.5 Å². The zero-order chi connectivity index (χ0) is 10.9. The van der Waals surface area contributed by atoms with E-state index in [1.54, 1.807) is 18.9 Å². The first-order valence-corrected chi connectivity index (χ1v) is 7.50. The zero-order valence-electron chi connectivity index (χ0n) is 9.19. The Bertz CT molecular complexity index is 254. The topological polar surface area (TPSA) is 29.5 Å². The normalized spacial score (nSPS) is 28.1. The highest BCUT2D eigenvalue weighted by molar-refractivity contribution is 8.01. The SMILES string of the molecule is COC1CSC2(C1)CN(C(=O)CSC)C2. The van der Waals surface area contributed by atoms with Gasteiger partial charge < -0.3 is 9.64 Å². The van der Waals surface area contributed by atoms with Crippen molar-refractivity contribution in [3.8, 4) is 0 Å². The Morgan fingerprint density at radius 2 is 2.40 bits per heavy atom. The molecular weight excluding hydrogens is 230 g/mol. The molecule has 2 aliphatic rings. The Kier molecular flexibility index (Phi) is 3.52. The smallest absolute Gasteiger partial charge is 0.232 e. The van der Waals surface area contributed by atoms with Gasteiger partial charge in [-0.15, -0.1) is 11.8 Å². The summed E-state index contributed by atoms with van der Waals surface area (Å²) in [5, 5.41) is 0. The van der Waals surface area contributed by atoms with Crippen LogP contribution in [0.2, 0.25) is 0 Å². The lowest BCUT2D eigenvalue weighted by molar-refractivity contribution is -0.133. The van der Waals surface area contributed by atoms with Gasteiger partial charge in [0.05, 0.1) is 16.6 Å². The second-order valence-electron chi connectivity index (χ2n) is 4.24. The molecule has 5 heteroatoms. The standard InChI is InChI=1S/C10H17NO2S2/c1-13-8-3-10(15-4-8)6-11(7-10)9(12)5-14-2/h8H,3-7H2,1-2H3. The molecule has 0 aromatic rings. The number of carbonyl (C=O) groups is 1. The van der Waals surface area contributed by atoms with Crippen LogP contribution < -0.4 is 0 Å². The van der Waals surface area contributed by atoms with Crippen molar-refractivity contribution in [1.29, 1.82) is 0 Å². The Balaban J connectivity index is 1.80. The number of rotatable bonds is 3. The molecule has 0 aromatic carbocycles. The molecular formula is C10H17NO2S2. The molecule has 0 bridgehead atoms. The first-order chi connectivity index (χ1) is 7.19. The summed E-state index contributed by atoms with van der Waals surface area (Å²) in [5.74, 6) is 1.99. The zero-order valence-corrected chi connectivity index (χ0v) is 10.8. The van der Waals surface area contributed by atoms with Crippen LogP contribution in [0.15, 0.2) is 0 Å². The molecule has 1 spiro atoms. The number of hydrogen-bond donors (Lipinski definition) is 0. The van der Waals surface area contributed by atoms with Crippen LogP contribution in [0.3, 0.4) is 0 Å². The first kappa shape index (κ1) is 11.6. The fourth-order valence-corrected chi connectivity index (χ4v) is 4.24. The average molecular weight is 247 g/mol. The fourth-order valence-electron chi connectivity index (χ4n) is 2.21. The van der Waals surface area contributed by atoms with E-state index in [4.69, 9.17) is 4.74 Å². The molecule has 0 aliphatic carbocycles. The van der Waals surface area contributed by atoms with Crippen LogP contribution in [0, 0.1) is 0 Å². The molecule has 0 radical (unpaired) electrons. The van der Waals surface area contributed by atoms with Crippen LogP contribution in [-0.4, -0.2) is 59.6 Å². The van der Waals surface area contributed by atoms with Gasteiger partial charge in [-0.3, -0.25) is 4.79 Å². The van der Waals surface area contributed by atoms with Crippen LogP contribution in [0.4, 0.5) is 0 Å². The third-order valence-electron chi connectivity index (χ3n) is 3.09. The predicted molar refractivity (Wildman–Crippen MR) is 65.6 cm³/mol. The van der Waals surface area contributed by atoms with Gasteiger partial charge in [0.2, 0.25) is 5.91 Å². The average Bonchev–Trinajstić information content (AvgIpc) is 2.59. The van der Waals surface area contributed by atoms with Crippen molar-refractivity contribution < 1.29 is 9.53 Å². The van der Waals surface area contributed by atoms with Crippen LogP contribution in [0.25, 0.3) is 0 Å². The molecule has 0 saturated carbocycles. The molecule has 0 aromatic heterocycles. The highest BCUT2D eigenvalue weighted by Gasteiger charge is 2.50. The lowest BCUT2D eigenvalue weighted by Gasteiger charge is -2.47. The number of carbonyl (C=O) groups excluding carboxylic acids is 1. The summed E-state index contributed by atoms with van der Waals surface area (Å²) < 4.78 is 5.69. The van der Waals surface area contributed by atoms with Gasteiger partial charge in [0.1, 0.15) is 0 Å². The third-order valence-corrected chi connectivity index (χ3v) is 5.20. The van der Waals surface area contributed by atoms with Crippen molar-refractivity contribution in [2.45, 2.75) is 17.3 Å². The van der Waals surface area contributed by atoms with Crippen LogP contribution in [0.1, 0.15) is 6.42 Å². The summed E-state index contributed by atoms with van der Waals surface area (Å²) in [5.41, 5.74) is 0. The lowest BCUT2D eigenvalue weighted by atomic mass is 9.93. The van der Waals surface area contributed by atoms with Crippen molar-refractivity contribution in [3.05, 3.63) is 0 Å². The van der Waals surface area contributed by atoms with Gasteiger partial charge in [-0.2, -0.15) is 11.8 Å². The molecule has 86 valence electrons. The third kappa shape index (κ3) is 2.29. The van der Waals surface area contributed by atoms with E-state index in [0.29, 0.717) is 16.6 Å². The molecule has 2 aliphatic heterocycles. The van der Waals surface area contributed by atoms with Gasteiger partial charge in [-0.05, 0) is 12.7 Å². The van der Waals surface area contributed by atoms with Gasteiger partial charge >= 0.3 is 0 Å². The summed E-state index contributed by atoms with van der Waals surface area (Å²) in [6.07, 6.45) is 3.48. The maximum Gasteiger partial charge on any atom is 0.232 e. The number of methoxy groups -OCH3 is 1. The van der Waals surface area contributed by atoms with E-state index in [1.165, 1.54) is 0 Å². The quantitative estimate of drug-likeness (QED) is 0.746. The van der Waals surface area contributed by atoms with Crippen LogP contribution in [-0.2, 0) is 9.53 Å². The Hall–Kier alpha value is 0.130. The minimum absolute atomic E-state index is 0.287. The number of ether oxygens (including phenoxy) is 1. The Morgan fingerprint density at radius 1 is 1.67 bits per heavy atom. The summed E-state index contributed by atoms with van der Waals surface area (Å²) in [4.78, 5) is 13.6. The van der Waals surface area contributed by atoms with Crippen molar-refractivity contribution >= 4 is 29.4 Å². The Labute approximate surface area is 99.3 Å². The van der Waals surface area contributed by atoms with E-state index in [0.717, 1.165) is 25.3 Å². The highest BCUT2D eigenvalue weighted by atomic mass is 32.2. The van der Waals surface area contributed by atoms with E-state index in [2.05, 4.69) is 0 Å². The summed E-state index contributed by atoms with van der Waals surface area (Å²) in [6.45, 7) is 1.86. The van der Waals surface area contributed by atoms with Gasteiger partial charge in [-0.25, -0.2) is 0 Å².